The smallest absolute Gasteiger partial charge is 0.408 e. The average Bonchev–Trinajstić information content (AvgIpc) is 2.82. The van der Waals surface area contributed by atoms with Gasteiger partial charge in [0.15, 0.2) is 6.29 Å². The Hall–Kier alpha value is -3.93. The van der Waals surface area contributed by atoms with Crippen LogP contribution >= 0.6 is 0 Å². The van der Waals surface area contributed by atoms with Crippen molar-refractivity contribution in [2.24, 2.45) is 0 Å². The van der Waals surface area contributed by atoms with Crippen LogP contribution in [0.4, 0.5) is 4.79 Å². The van der Waals surface area contributed by atoms with E-state index in [0.717, 1.165) is 11.1 Å². The largest absolute Gasteiger partial charge is 0.459 e. The lowest BCUT2D eigenvalue weighted by atomic mass is 9.92. The molecule has 0 aliphatic heterocycles. The second-order valence-corrected chi connectivity index (χ2v) is 7.00. The van der Waals surface area contributed by atoms with Gasteiger partial charge in [-0.1, -0.05) is 91.0 Å². The molecule has 0 bridgehead atoms. The molecule has 1 unspecified atom stereocenters. The van der Waals surface area contributed by atoms with Crippen molar-refractivity contribution in [2.45, 2.75) is 25.2 Å². The highest BCUT2D eigenvalue weighted by Crippen LogP contribution is 2.16. The molecule has 1 N–H and O–H groups in total. The number of benzene rings is 3. The lowest BCUT2D eigenvalue weighted by Crippen LogP contribution is -2.58. The van der Waals surface area contributed by atoms with E-state index in [9.17, 15) is 14.4 Å². The van der Waals surface area contributed by atoms with Crippen LogP contribution in [-0.4, -0.2) is 23.9 Å². The van der Waals surface area contributed by atoms with Crippen molar-refractivity contribution in [3.8, 4) is 0 Å². The number of esters is 1. The van der Waals surface area contributed by atoms with Gasteiger partial charge in [0.1, 0.15) is 13.2 Å². The van der Waals surface area contributed by atoms with E-state index >= 15 is 0 Å². The van der Waals surface area contributed by atoms with Gasteiger partial charge in [-0.05, 0) is 16.7 Å². The molecule has 0 heterocycles. The molecule has 3 aromatic rings. The summed E-state index contributed by atoms with van der Waals surface area (Å²) in [7, 11) is 0. The highest BCUT2D eigenvalue weighted by molar-refractivity contribution is 6.01. The second kappa shape index (κ2) is 10.7. The fourth-order valence-electron chi connectivity index (χ4n) is 3.00. The standard InChI is InChI=1S/C25H23NO5/c27-19-25(16-20-10-4-1-5-11-20,23(28)30-17-21-12-6-2-7-13-21)26-24(29)31-18-22-14-8-3-9-15-22/h1-15,19H,16-18H2,(H,26,29). The van der Waals surface area contributed by atoms with Crippen LogP contribution in [0, 0.1) is 0 Å². The van der Waals surface area contributed by atoms with Crippen molar-refractivity contribution in [3.63, 3.8) is 0 Å². The van der Waals surface area contributed by atoms with E-state index in [2.05, 4.69) is 5.32 Å². The number of aldehydes is 1. The van der Waals surface area contributed by atoms with Gasteiger partial charge in [0.05, 0.1) is 0 Å². The number of hydrogen-bond acceptors (Lipinski definition) is 5. The van der Waals surface area contributed by atoms with Gasteiger partial charge < -0.3 is 14.3 Å². The van der Waals surface area contributed by atoms with Crippen molar-refractivity contribution < 1.29 is 23.9 Å². The number of ether oxygens (including phenoxy) is 2. The molecule has 0 spiro atoms. The van der Waals surface area contributed by atoms with Gasteiger partial charge in [-0.3, -0.25) is 5.32 Å². The van der Waals surface area contributed by atoms with Crippen LogP contribution in [0.2, 0.25) is 0 Å². The normalized spacial score (nSPS) is 12.3. The third kappa shape index (κ3) is 6.27. The zero-order chi connectivity index (χ0) is 21.9. The Morgan fingerprint density at radius 3 is 1.65 bits per heavy atom. The molecule has 3 aromatic carbocycles. The molecule has 0 aliphatic carbocycles. The molecule has 0 saturated carbocycles. The number of alkyl carbamates (subject to hydrolysis) is 1. The van der Waals surface area contributed by atoms with Crippen molar-refractivity contribution >= 4 is 18.3 Å². The van der Waals surface area contributed by atoms with Gasteiger partial charge in [-0.25, -0.2) is 9.59 Å². The van der Waals surface area contributed by atoms with Gasteiger partial charge in [-0.2, -0.15) is 0 Å². The molecule has 0 aliphatic rings. The summed E-state index contributed by atoms with van der Waals surface area (Å²) >= 11 is 0. The fourth-order valence-corrected chi connectivity index (χ4v) is 3.00. The first-order valence-corrected chi connectivity index (χ1v) is 9.81. The summed E-state index contributed by atoms with van der Waals surface area (Å²) in [5, 5.41) is 2.43. The quantitative estimate of drug-likeness (QED) is 0.325. The van der Waals surface area contributed by atoms with E-state index in [1.807, 2.05) is 42.5 Å². The molecule has 0 fully saturated rings. The minimum atomic E-state index is -1.91. The Kier molecular flexibility index (Phi) is 7.54. The number of nitrogens with one attached hydrogen (secondary N) is 1. The van der Waals surface area contributed by atoms with Crippen LogP contribution in [0.25, 0.3) is 0 Å². The first-order chi connectivity index (χ1) is 15.1. The van der Waals surface area contributed by atoms with Crippen LogP contribution < -0.4 is 5.32 Å². The predicted molar refractivity (Wildman–Crippen MR) is 115 cm³/mol. The van der Waals surface area contributed by atoms with Crippen LogP contribution in [0.1, 0.15) is 16.7 Å². The Labute approximate surface area is 180 Å². The molecule has 31 heavy (non-hydrogen) atoms. The topological polar surface area (TPSA) is 81.7 Å². The maximum absolute atomic E-state index is 13.0. The molecule has 0 aromatic heterocycles. The van der Waals surface area contributed by atoms with Crippen LogP contribution in [-0.2, 0) is 38.7 Å². The lowest BCUT2D eigenvalue weighted by molar-refractivity contribution is -0.154. The first-order valence-electron chi connectivity index (χ1n) is 9.81. The minimum absolute atomic E-state index is 0.00596. The Balaban J connectivity index is 1.74. The fraction of sp³-hybridized carbons (Fsp3) is 0.160. The molecular formula is C25H23NO5. The van der Waals surface area contributed by atoms with E-state index < -0.39 is 17.6 Å². The van der Waals surface area contributed by atoms with E-state index in [0.29, 0.717) is 11.8 Å². The summed E-state index contributed by atoms with van der Waals surface area (Å²) in [6.07, 6.45) is -0.550. The minimum Gasteiger partial charge on any atom is -0.459 e. The maximum atomic E-state index is 13.0. The van der Waals surface area contributed by atoms with E-state index in [4.69, 9.17) is 9.47 Å². The predicted octanol–water partition coefficient (Wildman–Crippen LogP) is 3.84. The van der Waals surface area contributed by atoms with Crippen LogP contribution in [0.5, 0.6) is 0 Å². The van der Waals surface area contributed by atoms with Crippen molar-refractivity contribution in [2.75, 3.05) is 0 Å². The second-order valence-electron chi connectivity index (χ2n) is 7.00. The number of amides is 1. The number of rotatable bonds is 9. The molecule has 6 heteroatoms. The summed E-state index contributed by atoms with van der Waals surface area (Å²) in [6, 6.07) is 27.1. The maximum Gasteiger partial charge on any atom is 0.408 e. The summed E-state index contributed by atoms with van der Waals surface area (Å²) in [5.74, 6) is -0.855. The molecule has 0 radical (unpaired) electrons. The van der Waals surface area contributed by atoms with Gasteiger partial charge in [-0.15, -0.1) is 0 Å². The third-order valence-electron chi connectivity index (χ3n) is 4.64. The van der Waals surface area contributed by atoms with E-state index in [-0.39, 0.29) is 19.6 Å². The molecular weight excluding hydrogens is 394 g/mol. The summed E-state index contributed by atoms with van der Waals surface area (Å²) < 4.78 is 10.6. The van der Waals surface area contributed by atoms with Crippen molar-refractivity contribution in [1.29, 1.82) is 0 Å². The number of carbonyl (C=O) groups excluding carboxylic acids is 3. The highest BCUT2D eigenvalue weighted by atomic mass is 16.6. The molecule has 158 valence electrons. The number of hydrogen-bond donors (Lipinski definition) is 1. The molecule has 1 atom stereocenters. The molecule has 3 rings (SSSR count). The Bertz CT molecular complexity index is 992. The summed E-state index contributed by atoms with van der Waals surface area (Å²) in [5.41, 5.74) is 0.324. The number of carbonyl (C=O) groups is 3. The Morgan fingerprint density at radius 2 is 1.16 bits per heavy atom. The first kappa shape index (κ1) is 21.8. The van der Waals surface area contributed by atoms with Gasteiger partial charge >= 0.3 is 12.1 Å². The zero-order valence-corrected chi connectivity index (χ0v) is 16.9. The van der Waals surface area contributed by atoms with E-state index in [1.54, 1.807) is 48.5 Å². The Morgan fingerprint density at radius 1 is 0.710 bits per heavy atom. The summed E-state index contributed by atoms with van der Waals surface area (Å²) in [6.45, 7) is -0.0171. The van der Waals surface area contributed by atoms with Gasteiger partial charge in [0, 0.05) is 6.42 Å². The molecule has 0 saturated heterocycles. The van der Waals surface area contributed by atoms with Crippen LogP contribution in [0.3, 0.4) is 0 Å². The SMILES string of the molecule is O=CC(Cc1ccccc1)(NC(=O)OCc1ccccc1)C(=O)OCc1ccccc1. The third-order valence-corrected chi connectivity index (χ3v) is 4.64. The van der Waals surface area contributed by atoms with Crippen LogP contribution in [0.15, 0.2) is 91.0 Å². The lowest BCUT2D eigenvalue weighted by Gasteiger charge is -2.27. The van der Waals surface area contributed by atoms with Gasteiger partial charge in [0.25, 0.3) is 0 Å². The average molecular weight is 417 g/mol. The molecule has 1 amide bonds. The monoisotopic (exact) mass is 417 g/mol. The van der Waals surface area contributed by atoms with Gasteiger partial charge in [0.2, 0.25) is 5.54 Å². The summed E-state index contributed by atoms with van der Waals surface area (Å²) in [4.78, 5) is 37.5. The van der Waals surface area contributed by atoms with Crippen molar-refractivity contribution in [3.05, 3.63) is 108 Å². The van der Waals surface area contributed by atoms with Crippen molar-refractivity contribution in [1.82, 2.24) is 5.32 Å². The highest BCUT2D eigenvalue weighted by Gasteiger charge is 2.42. The van der Waals surface area contributed by atoms with E-state index in [1.165, 1.54) is 0 Å². The zero-order valence-electron chi connectivity index (χ0n) is 16.9. The molecule has 6 nitrogen and oxygen atoms in total.